The fraction of sp³-hybridized carbons (Fsp3) is 0.304. The SMILES string of the molecule is COc1cc2ncn(CC(=O)NC(C)C(=O)NCCc3ccc(O)cc3)c(=O)c2cc1OC. The van der Waals surface area contributed by atoms with E-state index in [4.69, 9.17) is 9.47 Å². The number of aromatic nitrogens is 2. The second kappa shape index (κ2) is 10.5. The number of fused-ring (bicyclic) bond motifs is 1. The first kappa shape index (κ1) is 23.6. The third-order valence-electron chi connectivity index (χ3n) is 5.06. The van der Waals surface area contributed by atoms with Gasteiger partial charge in [0.1, 0.15) is 18.3 Å². The van der Waals surface area contributed by atoms with E-state index in [0.717, 1.165) is 5.56 Å². The summed E-state index contributed by atoms with van der Waals surface area (Å²) in [4.78, 5) is 41.7. The van der Waals surface area contributed by atoms with Crippen LogP contribution in [0.15, 0.2) is 47.5 Å². The lowest BCUT2D eigenvalue weighted by atomic mass is 10.1. The predicted molar refractivity (Wildman–Crippen MR) is 122 cm³/mol. The van der Waals surface area contributed by atoms with E-state index in [-0.39, 0.29) is 23.6 Å². The summed E-state index contributed by atoms with van der Waals surface area (Å²) in [7, 11) is 2.95. The Hall–Kier alpha value is -4.08. The normalized spacial score (nSPS) is 11.6. The van der Waals surface area contributed by atoms with Crippen LogP contribution in [0.3, 0.4) is 0 Å². The van der Waals surface area contributed by atoms with Gasteiger partial charge in [-0.3, -0.25) is 19.0 Å². The quantitative estimate of drug-likeness (QED) is 0.439. The molecular weight excluding hydrogens is 428 g/mol. The molecule has 2 amide bonds. The molecule has 174 valence electrons. The first-order chi connectivity index (χ1) is 15.8. The Morgan fingerprint density at radius 2 is 1.79 bits per heavy atom. The molecule has 1 atom stereocenters. The van der Waals surface area contributed by atoms with Crippen LogP contribution in [0, 0.1) is 0 Å². The maximum atomic E-state index is 12.8. The Morgan fingerprint density at radius 3 is 2.45 bits per heavy atom. The number of nitrogens with one attached hydrogen (secondary N) is 2. The van der Waals surface area contributed by atoms with E-state index in [1.54, 1.807) is 37.3 Å². The van der Waals surface area contributed by atoms with Gasteiger partial charge in [0.2, 0.25) is 11.8 Å². The van der Waals surface area contributed by atoms with Crippen molar-refractivity contribution in [1.29, 1.82) is 0 Å². The number of methoxy groups -OCH3 is 2. The molecule has 1 aromatic heterocycles. The van der Waals surface area contributed by atoms with E-state index in [9.17, 15) is 19.5 Å². The number of ether oxygens (including phenoxy) is 2. The second-order valence-electron chi connectivity index (χ2n) is 7.40. The van der Waals surface area contributed by atoms with Gasteiger partial charge in [-0.05, 0) is 37.1 Å². The van der Waals surface area contributed by atoms with Crippen LogP contribution in [-0.2, 0) is 22.6 Å². The van der Waals surface area contributed by atoms with Crippen LogP contribution in [0.4, 0.5) is 0 Å². The average Bonchev–Trinajstić information content (AvgIpc) is 2.81. The zero-order valence-corrected chi connectivity index (χ0v) is 18.6. The molecule has 0 spiro atoms. The van der Waals surface area contributed by atoms with E-state index in [0.29, 0.717) is 30.0 Å². The van der Waals surface area contributed by atoms with Gasteiger partial charge in [-0.15, -0.1) is 0 Å². The van der Waals surface area contributed by atoms with Gasteiger partial charge in [0.15, 0.2) is 11.5 Å². The highest BCUT2D eigenvalue weighted by atomic mass is 16.5. The minimum Gasteiger partial charge on any atom is -0.508 e. The van der Waals surface area contributed by atoms with Crippen molar-refractivity contribution in [3.05, 3.63) is 58.6 Å². The number of hydrogen-bond donors (Lipinski definition) is 3. The summed E-state index contributed by atoms with van der Waals surface area (Å²) >= 11 is 0. The van der Waals surface area contributed by atoms with Gasteiger partial charge in [-0.1, -0.05) is 12.1 Å². The molecule has 10 nitrogen and oxygen atoms in total. The summed E-state index contributed by atoms with van der Waals surface area (Å²) in [5, 5.41) is 14.9. The number of aromatic hydroxyl groups is 1. The maximum Gasteiger partial charge on any atom is 0.261 e. The first-order valence-corrected chi connectivity index (χ1v) is 10.3. The van der Waals surface area contributed by atoms with Gasteiger partial charge in [-0.2, -0.15) is 0 Å². The molecule has 0 fully saturated rings. The van der Waals surface area contributed by atoms with Crippen molar-refractivity contribution in [3.8, 4) is 17.2 Å². The van der Waals surface area contributed by atoms with Gasteiger partial charge >= 0.3 is 0 Å². The van der Waals surface area contributed by atoms with Crippen LogP contribution >= 0.6 is 0 Å². The summed E-state index contributed by atoms with van der Waals surface area (Å²) in [5.74, 6) is 0.155. The van der Waals surface area contributed by atoms with Gasteiger partial charge in [0.25, 0.3) is 5.56 Å². The minimum atomic E-state index is -0.786. The van der Waals surface area contributed by atoms with Crippen molar-refractivity contribution in [2.75, 3.05) is 20.8 Å². The van der Waals surface area contributed by atoms with Gasteiger partial charge in [-0.25, -0.2) is 4.98 Å². The molecule has 0 saturated heterocycles. The van der Waals surface area contributed by atoms with Gasteiger partial charge < -0.3 is 25.2 Å². The molecule has 2 aromatic carbocycles. The lowest BCUT2D eigenvalue weighted by molar-refractivity contribution is -0.128. The number of carbonyl (C=O) groups excluding carboxylic acids is 2. The molecule has 0 aliphatic heterocycles. The highest BCUT2D eigenvalue weighted by Gasteiger charge is 2.17. The molecule has 0 saturated carbocycles. The van der Waals surface area contributed by atoms with Gasteiger partial charge in [0, 0.05) is 12.6 Å². The summed E-state index contributed by atoms with van der Waals surface area (Å²) in [5.41, 5.74) is 0.958. The molecule has 3 rings (SSSR count). The fourth-order valence-corrected chi connectivity index (χ4v) is 3.25. The Morgan fingerprint density at radius 1 is 1.12 bits per heavy atom. The highest BCUT2D eigenvalue weighted by molar-refractivity contribution is 5.87. The molecule has 1 heterocycles. The molecule has 0 bridgehead atoms. The number of benzene rings is 2. The summed E-state index contributed by atoms with van der Waals surface area (Å²) in [6.45, 7) is 1.65. The number of phenolic OH excluding ortho intramolecular Hbond substituents is 1. The van der Waals surface area contributed by atoms with Crippen molar-refractivity contribution in [2.45, 2.75) is 25.9 Å². The molecule has 3 aromatic rings. The van der Waals surface area contributed by atoms with Crippen LogP contribution in [0.2, 0.25) is 0 Å². The average molecular weight is 454 g/mol. The Bertz CT molecular complexity index is 1210. The zero-order valence-electron chi connectivity index (χ0n) is 18.6. The largest absolute Gasteiger partial charge is 0.508 e. The molecular formula is C23H26N4O6. The third-order valence-corrected chi connectivity index (χ3v) is 5.06. The van der Waals surface area contributed by atoms with E-state index in [2.05, 4.69) is 15.6 Å². The Balaban J connectivity index is 1.58. The van der Waals surface area contributed by atoms with E-state index >= 15 is 0 Å². The van der Waals surface area contributed by atoms with Crippen LogP contribution in [0.1, 0.15) is 12.5 Å². The van der Waals surface area contributed by atoms with Crippen molar-refractivity contribution >= 4 is 22.7 Å². The van der Waals surface area contributed by atoms with Crippen molar-refractivity contribution in [1.82, 2.24) is 20.2 Å². The van der Waals surface area contributed by atoms with Crippen LogP contribution in [-0.4, -0.2) is 53.3 Å². The smallest absolute Gasteiger partial charge is 0.261 e. The van der Waals surface area contributed by atoms with Crippen molar-refractivity contribution in [3.63, 3.8) is 0 Å². The Labute approximate surface area is 190 Å². The molecule has 10 heteroatoms. The zero-order chi connectivity index (χ0) is 24.0. The molecule has 0 aliphatic carbocycles. The van der Waals surface area contributed by atoms with E-state index < -0.39 is 17.5 Å². The molecule has 1 unspecified atom stereocenters. The first-order valence-electron chi connectivity index (χ1n) is 10.3. The number of hydrogen-bond acceptors (Lipinski definition) is 7. The molecule has 0 radical (unpaired) electrons. The van der Waals surface area contributed by atoms with E-state index in [1.807, 2.05) is 0 Å². The van der Waals surface area contributed by atoms with E-state index in [1.165, 1.54) is 31.2 Å². The summed E-state index contributed by atoms with van der Waals surface area (Å²) < 4.78 is 11.6. The van der Waals surface area contributed by atoms with Gasteiger partial charge in [0.05, 0.1) is 31.4 Å². The van der Waals surface area contributed by atoms with Crippen molar-refractivity contribution < 1.29 is 24.2 Å². The fourth-order valence-electron chi connectivity index (χ4n) is 3.25. The maximum absolute atomic E-state index is 12.8. The lowest BCUT2D eigenvalue weighted by Crippen LogP contribution is -2.46. The lowest BCUT2D eigenvalue weighted by Gasteiger charge is -2.15. The van der Waals surface area contributed by atoms with Crippen molar-refractivity contribution in [2.24, 2.45) is 0 Å². The highest BCUT2D eigenvalue weighted by Crippen LogP contribution is 2.29. The summed E-state index contributed by atoms with van der Waals surface area (Å²) in [6, 6.07) is 9.02. The number of carbonyl (C=O) groups is 2. The number of amides is 2. The minimum absolute atomic E-state index is 0.179. The topological polar surface area (TPSA) is 132 Å². The summed E-state index contributed by atoms with van der Waals surface area (Å²) in [6.07, 6.45) is 1.86. The molecule has 33 heavy (non-hydrogen) atoms. The standard InChI is InChI=1S/C23H26N4O6/c1-14(22(30)24-9-8-15-4-6-16(28)7-5-15)26-21(29)12-27-13-25-18-11-20(33-3)19(32-2)10-17(18)23(27)31/h4-7,10-11,13-14,28H,8-9,12H2,1-3H3,(H,24,30)(H,26,29). The van der Waals surface area contributed by atoms with Crippen LogP contribution < -0.4 is 25.7 Å². The number of nitrogens with zero attached hydrogens (tertiary/aromatic N) is 2. The molecule has 0 aliphatic rings. The van der Waals surface area contributed by atoms with Crippen LogP contribution in [0.25, 0.3) is 10.9 Å². The second-order valence-corrected chi connectivity index (χ2v) is 7.40. The molecule has 3 N–H and O–H groups in total. The monoisotopic (exact) mass is 454 g/mol. The number of phenols is 1. The Kier molecular flexibility index (Phi) is 7.50. The van der Waals surface area contributed by atoms with Crippen LogP contribution in [0.5, 0.6) is 17.2 Å². The number of rotatable bonds is 9. The third kappa shape index (κ3) is 5.79. The predicted octanol–water partition coefficient (Wildman–Crippen LogP) is 0.983.